The van der Waals surface area contributed by atoms with Gasteiger partial charge in [-0.3, -0.25) is 14.4 Å². The molecule has 1 aromatic carbocycles. The molecule has 2 fully saturated rings. The highest BCUT2D eigenvalue weighted by Gasteiger charge is 2.42. The molecule has 2 aromatic rings. The van der Waals surface area contributed by atoms with Crippen molar-refractivity contribution in [2.45, 2.75) is 58.2 Å². The van der Waals surface area contributed by atoms with Gasteiger partial charge in [-0.05, 0) is 49.1 Å². The summed E-state index contributed by atoms with van der Waals surface area (Å²) in [5.74, 6) is -0.399. The average molecular weight is 555 g/mol. The van der Waals surface area contributed by atoms with Crippen molar-refractivity contribution in [3.63, 3.8) is 0 Å². The fraction of sp³-hybridized carbons (Fsp3) is 0.536. The molecule has 3 amide bonds. The van der Waals surface area contributed by atoms with Crippen LogP contribution in [-0.2, 0) is 20.9 Å². The van der Waals surface area contributed by atoms with Crippen molar-refractivity contribution in [3.8, 4) is 11.3 Å². The average Bonchev–Trinajstić information content (AvgIpc) is 3.25. The number of hydrogen-bond acceptors (Lipinski definition) is 7. The third kappa shape index (κ3) is 5.72. The number of nitrogens with two attached hydrogens (primary N) is 1. The van der Waals surface area contributed by atoms with E-state index in [2.05, 4.69) is 15.3 Å². The third-order valence-electron chi connectivity index (χ3n) is 8.29. The predicted octanol–water partition coefficient (Wildman–Crippen LogP) is 3.09. The van der Waals surface area contributed by atoms with Crippen LogP contribution in [0, 0.1) is 11.8 Å². The van der Waals surface area contributed by atoms with Gasteiger partial charge < -0.3 is 25.6 Å². The van der Waals surface area contributed by atoms with Gasteiger partial charge in [0.1, 0.15) is 6.04 Å². The van der Waals surface area contributed by atoms with E-state index in [0.717, 1.165) is 31.2 Å². The number of likely N-dealkylation sites (tertiary alicyclic amines) is 1. The second-order valence-electron chi connectivity index (χ2n) is 10.8. The zero-order valence-corrected chi connectivity index (χ0v) is 23.1. The quantitative estimate of drug-likeness (QED) is 0.537. The molecule has 2 saturated heterocycles. The third-order valence-corrected chi connectivity index (χ3v) is 8.56. The summed E-state index contributed by atoms with van der Waals surface area (Å²) in [6.45, 7) is 6.49. The molecule has 39 heavy (non-hydrogen) atoms. The van der Waals surface area contributed by atoms with Crippen LogP contribution in [0.1, 0.15) is 55.5 Å². The van der Waals surface area contributed by atoms with E-state index in [-0.39, 0.29) is 29.7 Å². The van der Waals surface area contributed by atoms with E-state index in [9.17, 15) is 14.4 Å². The highest BCUT2D eigenvalue weighted by molar-refractivity contribution is 6.33. The van der Waals surface area contributed by atoms with Crippen LogP contribution < -0.4 is 11.1 Å². The molecule has 3 atom stereocenters. The van der Waals surface area contributed by atoms with Gasteiger partial charge in [-0.2, -0.15) is 0 Å². The Hall–Kier alpha value is -3.24. The molecule has 208 valence electrons. The molecule has 10 nitrogen and oxygen atoms in total. The number of ether oxygens (including phenoxy) is 1. The molecule has 3 aliphatic rings. The summed E-state index contributed by atoms with van der Waals surface area (Å²) >= 11 is 6.49. The number of nitrogens with zero attached hydrogens (tertiary/aromatic N) is 4. The van der Waals surface area contributed by atoms with Crippen molar-refractivity contribution >= 4 is 35.3 Å². The second kappa shape index (κ2) is 11.5. The first-order chi connectivity index (χ1) is 18.7. The van der Waals surface area contributed by atoms with Gasteiger partial charge in [0.15, 0.2) is 0 Å². The van der Waals surface area contributed by atoms with E-state index >= 15 is 0 Å². The lowest BCUT2D eigenvalue weighted by atomic mass is 9.81. The predicted molar refractivity (Wildman–Crippen MR) is 147 cm³/mol. The first-order valence-corrected chi connectivity index (χ1v) is 14.0. The number of aromatic nitrogens is 2. The van der Waals surface area contributed by atoms with E-state index in [1.54, 1.807) is 24.1 Å². The Morgan fingerprint density at radius 3 is 2.72 bits per heavy atom. The zero-order chi connectivity index (χ0) is 27.7. The van der Waals surface area contributed by atoms with E-state index in [1.807, 2.05) is 24.0 Å². The normalized spacial score (nSPS) is 21.4. The van der Waals surface area contributed by atoms with Crippen LogP contribution in [0.3, 0.4) is 0 Å². The molecule has 1 unspecified atom stereocenters. The smallest absolute Gasteiger partial charge is 0.255 e. The molecule has 1 aromatic heterocycles. The van der Waals surface area contributed by atoms with Crippen LogP contribution in [0.5, 0.6) is 0 Å². The van der Waals surface area contributed by atoms with Gasteiger partial charge in [0.05, 0.1) is 16.9 Å². The second-order valence-corrected chi connectivity index (χ2v) is 11.2. The Kier molecular flexibility index (Phi) is 8.04. The fourth-order valence-electron chi connectivity index (χ4n) is 6.04. The first kappa shape index (κ1) is 27.3. The summed E-state index contributed by atoms with van der Waals surface area (Å²) in [4.78, 5) is 50.7. The van der Waals surface area contributed by atoms with Gasteiger partial charge in [-0.1, -0.05) is 30.7 Å². The number of carbonyl (C=O) groups excluding carboxylic acids is 3. The van der Waals surface area contributed by atoms with Crippen LogP contribution in [-0.4, -0.2) is 75.9 Å². The van der Waals surface area contributed by atoms with E-state index < -0.39 is 11.9 Å². The highest BCUT2D eigenvalue weighted by Crippen LogP contribution is 2.35. The Labute approximate surface area is 233 Å². The van der Waals surface area contributed by atoms with Crippen LogP contribution in [0.4, 0.5) is 5.95 Å². The van der Waals surface area contributed by atoms with Gasteiger partial charge in [0.2, 0.25) is 17.8 Å². The van der Waals surface area contributed by atoms with E-state index in [4.69, 9.17) is 22.1 Å². The molecule has 3 N–H and O–H groups in total. The number of anilines is 1. The first-order valence-electron chi connectivity index (χ1n) is 13.6. The van der Waals surface area contributed by atoms with Crippen molar-refractivity contribution in [3.05, 3.63) is 40.5 Å². The number of amides is 3. The van der Waals surface area contributed by atoms with E-state index in [0.29, 0.717) is 60.6 Å². The van der Waals surface area contributed by atoms with Crippen molar-refractivity contribution < 1.29 is 19.1 Å². The largest absolute Gasteiger partial charge is 0.381 e. The Morgan fingerprint density at radius 1 is 1.23 bits per heavy atom. The summed E-state index contributed by atoms with van der Waals surface area (Å²) in [6, 6.07) is 5.00. The van der Waals surface area contributed by atoms with Crippen LogP contribution in [0.2, 0.25) is 5.02 Å². The van der Waals surface area contributed by atoms with Crippen LogP contribution >= 0.6 is 11.6 Å². The number of fused-ring (bicyclic) bond motifs is 1. The molecule has 0 radical (unpaired) electrons. The summed E-state index contributed by atoms with van der Waals surface area (Å²) in [5.41, 5.74) is 8.44. The lowest BCUT2D eigenvalue weighted by Crippen LogP contribution is -2.53. The number of nitrogens with one attached hydrogen (secondary N) is 1. The van der Waals surface area contributed by atoms with Crippen molar-refractivity contribution in [2.24, 2.45) is 17.6 Å². The minimum absolute atomic E-state index is 0.0224. The maximum absolute atomic E-state index is 13.7. The SMILES string of the molecule is CC(=O)N1CCC[C@@H]([C@@H](C)C(C(N)=O)N2Cc3ccc(-c4nc(NC5CCOCC5)ncc4Cl)cc3C2=O)C1. The molecular formula is C28H35ClN6O4. The number of hydrogen-bond donors (Lipinski definition) is 2. The summed E-state index contributed by atoms with van der Waals surface area (Å²) < 4.78 is 5.42. The molecule has 3 aliphatic heterocycles. The van der Waals surface area contributed by atoms with E-state index in [1.165, 1.54) is 0 Å². The lowest BCUT2D eigenvalue weighted by molar-refractivity contribution is -0.131. The number of primary amides is 1. The van der Waals surface area contributed by atoms with Gasteiger partial charge >= 0.3 is 0 Å². The molecule has 0 saturated carbocycles. The van der Waals surface area contributed by atoms with Crippen molar-refractivity contribution in [1.29, 1.82) is 0 Å². The highest BCUT2D eigenvalue weighted by atomic mass is 35.5. The molecule has 0 spiro atoms. The number of piperidine rings is 1. The maximum Gasteiger partial charge on any atom is 0.255 e. The van der Waals surface area contributed by atoms with Crippen molar-refractivity contribution in [2.75, 3.05) is 31.6 Å². The van der Waals surface area contributed by atoms with Gasteiger partial charge in [0.25, 0.3) is 5.91 Å². The number of rotatable bonds is 7. The Morgan fingerprint density at radius 2 is 2.00 bits per heavy atom. The van der Waals surface area contributed by atoms with Crippen molar-refractivity contribution in [1.82, 2.24) is 19.8 Å². The molecule has 5 rings (SSSR count). The number of benzene rings is 1. The molecule has 0 bridgehead atoms. The van der Waals surface area contributed by atoms with Gasteiger partial charge in [0, 0.05) is 56.9 Å². The van der Waals surface area contributed by atoms with Gasteiger partial charge in [-0.15, -0.1) is 0 Å². The summed E-state index contributed by atoms with van der Waals surface area (Å²) in [7, 11) is 0. The topological polar surface area (TPSA) is 131 Å². The number of carbonyl (C=O) groups is 3. The monoisotopic (exact) mass is 554 g/mol. The fourth-order valence-corrected chi connectivity index (χ4v) is 6.24. The zero-order valence-electron chi connectivity index (χ0n) is 22.4. The molecule has 4 heterocycles. The Balaban J connectivity index is 1.37. The van der Waals surface area contributed by atoms with Gasteiger partial charge in [-0.25, -0.2) is 9.97 Å². The van der Waals surface area contributed by atoms with Crippen LogP contribution in [0.25, 0.3) is 11.3 Å². The minimum Gasteiger partial charge on any atom is -0.381 e. The minimum atomic E-state index is -0.775. The molecular weight excluding hydrogens is 520 g/mol. The Bertz CT molecular complexity index is 1270. The molecule has 11 heteroatoms. The lowest BCUT2D eigenvalue weighted by Gasteiger charge is -2.40. The van der Waals surface area contributed by atoms with Crippen LogP contribution in [0.15, 0.2) is 24.4 Å². The maximum atomic E-state index is 13.7. The standard InChI is InChI=1S/C28H35ClN6O4/c1-16(19-4-3-9-34(14-19)17(2)36)25(26(30)37)35-15-20-6-5-18(12-22(20)27(35)38)24-23(29)13-31-28(33-24)32-21-7-10-39-11-8-21/h5-6,12-13,16,19,21,25H,3-4,7-11,14-15H2,1-2H3,(H2,30,37)(H,31,32,33)/t16-,19-,25?/m1/s1. The summed E-state index contributed by atoms with van der Waals surface area (Å²) in [5, 5.41) is 3.74. The number of halogens is 1. The molecule has 0 aliphatic carbocycles. The summed E-state index contributed by atoms with van der Waals surface area (Å²) in [6.07, 6.45) is 5.05.